The fraction of sp³-hybridized carbons (Fsp3) is 0.688. The van der Waals surface area contributed by atoms with Crippen molar-refractivity contribution in [1.29, 1.82) is 0 Å². The van der Waals surface area contributed by atoms with Crippen LogP contribution in [0, 0.1) is 0 Å². The molecule has 7 aliphatic rings. The number of esters is 4. The van der Waals surface area contributed by atoms with Crippen molar-refractivity contribution in [3.8, 4) is 0 Å². The van der Waals surface area contributed by atoms with Crippen LogP contribution in [0.25, 0.3) is 0 Å². The van der Waals surface area contributed by atoms with Crippen LogP contribution < -0.4 is 22.7 Å². The summed E-state index contributed by atoms with van der Waals surface area (Å²) in [5.74, 6) is 2.20. The molecular formula is C96H163BrCl3N7O39. The number of ether oxygens (including phenoxy) is 24. The van der Waals surface area contributed by atoms with E-state index in [-0.39, 0.29) is 159 Å². The summed E-state index contributed by atoms with van der Waals surface area (Å²) in [7, 11) is 24.8. The maximum atomic E-state index is 12.2. The summed E-state index contributed by atoms with van der Waals surface area (Å²) < 4.78 is 127. The maximum Gasteiger partial charge on any atom is 0.326 e. The number of aliphatic hydroxyl groups is 5. The molecule has 12 N–H and O–H groups in total. The molecule has 0 bridgehead atoms. The molecule has 7 heterocycles. The molecule has 0 spiro atoms. The molecule has 6 fully saturated rings. The molecule has 9 rings (SSSR count). The first-order valence-corrected chi connectivity index (χ1v) is 47.4. The predicted molar refractivity (Wildman–Crippen MR) is 541 cm³/mol. The predicted octanol–water partition coefficient (Wildman–Crippen LogP) is 4.95. The smallest absolute Gasteiger partial charge is 0.326 e. The summed E-state index contributed by atoms with van der Waals surface area (Å²) in [5.41, 5.74) is 12.8. The number of alkyl halides is 3. The highest BCUT2D eigenvalue weighted by atomic mass is 79.9. The number of hydrogen-bond acceptors (Lipinski definition) is 41. The van der Waals surface area contributed by atoms with E-state index >= 15 is 0 Å². The molecule has 2 aromatic rings. The minimum absolute atomic E-state index is 0. The number of hydrazine groups is 1. The lowest BCUT2D eigenvalue weighted by Crippen LogP contribution is -2.63. The zero-order valence-electron chi connectivity index (χ0n) is 84.3. The third-order valence-electron chi connectivity index (χ3n) is 21.8. The molecule has 7 aliphatic heterocycles. The Hall–Kier alpha value is -7.43. The lowest BCUT2D eigenvalue weighted by atomic mass is 9.97. The Morgan fingerprint density at radius 1 is 0.541 bits per heavy atom. The topological polar surface area (TPSA) is 593 Å². The number of likely N-dealkylation sites (tertiary alicyclic amines) is 1. The van der Waals surface area contributed by atoms with Gasteiger partial charge in [0.05, 0.1) is 78.8 Å². The van der Waals surface area contributed by atoms with E-state index in [2.05, 4.69) is 66.2 Å². The highest BCUT2D eigenvalue weighted by Crippen LogP contribution is 2.38. The van der Waals surface area contributed by atoms with E-state index in [0.29, 0.717) is 51.0 Å². The van der Waals surface area contributed by atoms with Crippen molar-refractivity contribution in [2.45, 2.75) is 240 Å². The number of amides is 5. The van der Waals surface area contributed by atoms with E-state index < -0.39 is 158 Å². The van der Waals surface area contributed by atoms with Crippen LogP contribution in [0.15, 0.2) is 111 Å². The fourth-order valence-electron chi connectivity index (χ4n) is 14.3. The molecule has 2 aromatic carbocycles. The van der Waals surface area contributed by atoms with Gasteiger partial charge in [-0.2, -0.15) is 0 Å². The number of primary amides is 1. The van der Waals surface area contributed by atoms with Gasteiger partial charge in [0.2, 0.25) is 23.0 Å². The average molecular weight is 2230 g/mol. The number of nitrogens with zero attached hydrogens (tertiary/aromatic N) is 3. The minimum Gasteiger partial charge on any atom is -0.469 e. The van der Waals surface area contributed by atoms with Crippen LogP contribution >= 0.6 is 50.7 Å². The zero-order chi connectivity index (χ0) is 108. The van der Waals surface area contributed by atoms with Gasteiger partial charge in [-0.05, 0) is 18.0 Å². The monoisotopic (exact) mass is 2220 g/mol. The van der Waals surface area contributed by atoms with Gasteiger partial charge in [0.25, 0.3) is 0 Å². The number of urea groups is 1. The largest absolute Gasteiger partial charge is 0.469 e. The SMILES string of the molecule is C.C.C.C=CCN.C=CCN(CC(OC)[C@@H](OC)[C@H](O)C=C)C(=O)CCC(=O)OC.COC(=O)CCC(=O)Cl.COC(=O)CCC(=O)N1C/C=C\[C@@H](O)[C@H](OC)[C@@H](OC)C1.COC(=O)CCC(=O)N1CCCC(=O)[C@H](OC)[C@@H](OC)C1.COC1[C@@H](OC)OC(CBr)[C@@H](O)[C@@H]1OC.COC1[C@@H](OC)OC2COC(c3ccccc3)O[C@H]2[C@@H]1OC.CO[C@H]1OC2COC(c3ccccc3)O[C@H]2[C@H](O)C1O.ClCCl.NNC(N)=O. The summed E-state index contributed by atoms with van der Waals surface area (Å²) in [4.78, 5) is 116. The molecule has 0 saturated carbocycles. The summed E-state index contributed by atoms with van der Waals surface area (Å²) in [6.07, 6.45) is -5.23. The third-order valence-corrected chi connectivity index (χ3v) is 22.6. The Morgan fingerprint density at radius 2 is 0.973 bits per heavy atom. The van der Waals surface area contributed by atoms with Crippen LogP contribution in [0.4, 0.5) is 4.79 Å². The Labute approximate surface area is 881 Å². The van der Waals surface area contributed by atoms with Crippen molar-refractivity contribution in [2.24, 2.45) is 17.3 Å². The summed E-state index contributed by atoms with van der Waals surface area (Å²) in [6, 6.07) is 18.5. The van der Waals surface area contributed by atoms with Gasteiger partial charge in [-0.1, -0.05) is 129 Å². The second kappa shape index (κ2) is 85.2. The number of benzene rings is 2. The second-order valence-electron chi connectivity index (χ2n) is 30.7. The highest BCUT2D eigenvalue weighted by Gasteiger charge is 2.53. The first-order valence-electron chi connectivity index (χ1n) is 44.8. The first-order chi connectivity index (χ1) is 68.4. The molecule has 9 unspecified atom stereocenters. The van der Waals surface area contributed by atoms with Crippen molar-refractivity contribution in [3.63, 3.8) is 0 Å². The van der Waals surface area contributed by atoms with Crippen LogP contribution in [0.2, 0.25) is 0 Å². The van der Waals surface area contributed by atoms with Crippen molar-refractivity contribution < 1.29 is 187 Å². The summed E-state index contributed by atoms with van der Waals surface area (Å²) in [6.45, 7) is 13.6. The number of halogens is 4. The van der Waals surface area contributed by atoms with Crippen LogP contribution in [0.3, 0.4) is 0 Å². The molecular weight excluding hydrogens is 2060 g/mol. The number of nitrogens with one attached hydrogen (secondary N) is 1. The fourth-order valence-corrected chi connectivity index (χ4v) is 14.9. The Bertz CT molecular complexity index is 3900. The van der Waals surface area contributed by atoms with Gasteiger partial charge >= 0.3 is 29.9 Å². The summed E-state index contributed by atoms with van der Waals surface area (Å²) in [5, 5.41) is 50.0. The number of methoxy groups -OCH3 is 17. The van der Waals surface area contributed by atoms with Gasteiger partial charge in [-0.15, -0.1) is 42.9 Å². The number of aliphatic hydroxyl groups excluding tert-OH is 5. The average Bonchev–Trinajstić information content (AvgIpc) is 0.781. The van der Waals surface area contributed by atoms with Gasteiger partial charge in [0.15, 0.2) is 37.2 Å². The van der Waals surface area contributed by atoms with Gasteiger partial charge in [-0.25, -0.2) is 10.6 Å². The molecule has 25 atom stereocenters. The van der Waals surface area contributed by atoms with Gasteiger partial charge < -0.3 is 165 Å². The van der Waals surface area contributed by atoms with E-state index in [1.54, 1.807) is 60.9 Å². The van der Waals surface area contributed by atoms with Crippen LogP contribution in [-0.4, -0.2) is 430 Å². The molecule has 46 nitrogen and oxygen atoms in total. The maximum absolute atomic E-state index is 12.2. The lowest BCUT2D eigenvalue weighted by Gasteiger charge is -2.48. The van der Waals surface area contributed by atoms with Crippen molar-refractivity contribution in [1.82, 2.24) is 20.1 Å². The van der Waals surface area contributed by atoms with E-state index in [9.17, 15) is 73.5 Å². The summed E-state index contributed by atoms with van der Waals surface area (Å²) >= 11 is 17.7. The molecule has 6 saturated heterocycles. The van der Waals surface area contributed by atoms with Crippen LogP contribution in [-0.2, 0) is 157 Å². The van der Waals surface area contributed by atoms with E-state index in [1.807, 2.05) is 60.7 Å². The number of fused-ring (bicyclic) bond motifs is 2. The van der Waals surface area contributed by atoms with Gasteiger partial charge in [0.1, 0.15) is 116 Å². The van der Waals surface area contributed by atoms with Gasteiger partial charge in [-0.3, -0.25) is 48.6 Å². The van der Waals surface area contributed by atoms with Crippen molar-refractivity contribution in [2.75, 3.05) is 191 Å². The quantitative estimate of drug-likeness (QED) is 0.00636. The number of ketones is 1. The number of hydrogen-bond donors (Lipinski definition) is 9. The third kappa shape index (κ3) is 52.5. The second-order valence-corrected chi connectivity index (χ2v) is 32.6. The molecule has 5 amide bonds. The van der Waals surface area contributed by atoms with Crippen LogP contribution in [0.5, 0.6) is 0 Å². The normalized spacial score (nSPS) is 26.4. The minimum atomic E-state index is -1.14. The van der Waals surface area contributed by atoms with E-state index in [1.165, 1.54) is 111 Å². The molecule has 0 aromatic heterocycles. The zero-order valence-corrected chi connectivity index (χ0v) is 88.1. The Morgan fingerprint density at radius 3 is 1.38 bits per heavy atom. The number of carbonyl (C=O) groups excluding carboxylic acids is 10. The Balaban J connectivity index is -0.000000795. The number of carbonyl (C=O) groups is 10. The Kier molecular flexibility index (Phi) is 84.5. The van der Waals surface area contributed by atoms with E-state index in [0.717, 1.165) is 11.1 Å². The highest BCUT2D eigenvalue weighted by molar-refractivity contribution is 9.09. The number of nitrogens with two attached hydrogens (primary N) is 3. The molecule has 146 heavy (non-hydrogen) atoms. The van der Waals surface area contributed by atoms with Crippen LogP contribution in [0.1, 0.15) is 110 Å². The molecule has 50 heteroatoms. The van der Waals surface area contributed by atoms with Crippen molar-refractivity contribution in [3.05, 3.63) is 122 Å². The standard InChI is InChI=1S/C16H27NO6.C16H22O6.2C14H23NO6.C14H18O6.C9H17BrO5.C5H7ClO3.C3H7N.CH2Cl2.CH5N3O.3CH4/c1-6-10-17(14(19)8-9-15(20)22-4)11-13(21-3)16(23-5)12(18)7-2;1-17-13-12-11(21-16(19-3)14(13)18-2)9-20-15(22-12)10-7-5-4-6-8-10;2*1-19-11-9-15(12(17)6-7-13(18)20-2)8-4-5-10(16)14(11)21-3;1-17-14-11(16)10(15)12-9(19-14)7-18-13(20-12)8-5-3-2-4-6-8;1-12-7-6(11)5(4-10)15-9(14-3)8(7)13-2;1-9-5(8)3-2-4(6)7;1-2-3-4;2-1-3;2-1(5)4-3;;;/h6-7,12-13,16,18H,1-2,8-11H2,3-5H3;4-8,11-16H,9H2,1-3H3;11,14H,4-9H2,1-3H3;4-5,10-11,14,16H,6-9H2,1-3H3;2-6,9-16H,7H2,1H3;5-9,11H,4H2,1-3H3;2-3H2,1H3;2H,1,3-4H2;1H2;3H2,(H3,2,4,5);3*1H4/b;;;5-4-;;;;;;;;;/t12-,13?,16+;11?,12-,13+,14?,15?,16+;11-,14-;10-,11+,14+;9?,10-,11?,12-,13?,14+;5?,6-,7+,8?,9+;;;;;;;/m110111......./s1. The number of rotatable bonds is 36. The molecule has 0 aliphatic carbocycles. The van der Waals surface area contributed by atoms with Gasteiger partial charge in [0, 0.05) is 187 Å². The molecule has 844 valence electrons. The number of Topliss-reactive ketones (excluding diaryl/α,β-unsaturated/α-hetero) is 1. The lowest BCUT2D eigenvalue weighted by molar-refractivity contribution is -0.363. The van der Waals surface area contributed by atoms with Crippen molar-refractivity contribution >= 4 is 109 Å². The molecule has 0 radical (unpaired) electrons. The van der Waals surface area contributed by atoms with E-state index in [4.69, 9.17) is 135 Å². The first kappa shape index (κ1) is 145.